The highest BCUT2D eigenvalue weighted by molar-refractivity contribution is 6.32. The van der Waals surface area contributed by atoms with E-state index in [1.807, 2.05) is 30.3 Å². The topological polar surface area (TPSA) is 78.5 Å². The van der Waals surface area contributed by atoms with Crippen LogP contribution in [0.3, 0.4) is 0 Å². The first kappa shape index (κ1) is 11.5. The van der Waals surface area contributed by atoms with Crippen LogP contribution in [-0.4, -0.2) is 36.0 Å². The molecule has 0 bridgehead atoms. The van der Waals surface area contributed by atoms with Gasteiger partial charge in [0.25, 0.3) is 0 Å². The van der Waals surface area contributed by atoms with Gasteiger partial charge >= 0.3 is 6.03 Å². The quantitative estimate of drug-likeness (QED) is 0.675. The third kappa shape index (κ3) is 2.00. The van der Waals surface area contributed by atoms with E-state index in [9.17, 15) is 4.79 Å². The lowest BCUT2D eigenvalue weighted by Crippen LogP contribution is -2.21. The van der Waals surface area contributed by atoms with Crippen LogP contribution in [0, 0.1) is 0 Å². The maximum absolute atomic E-state index is 12.0. The van der Waals surface area contributed by atoms with Crippen molar-refractivity contribution in [1.82, 2.24) is 30.0 Å². The molecule has 19 heavy (non-hydrogen) atoms. The largest absolute Gasteiger partial charge is 0.373 e. The standard InChI is InChI=1S/C11H7ClN6O/c12-10-9(8-4-2-1-3-5-8)14-16-18(10)11(19)17-7-6-13-15-17/h1-7H. The molecule has 0 atom stereocenters. The summed E-state index contributed by atoms with van der Waals surface area (Å²) in [6.45, 7) is 0. The molecule has 0 saturated carbocycles. The number of carbonyl (C=O) groups is 1. The van der Waals surface area contributed by atoms with Gasteiger partial charge in [-0.1, -0.05) is 52.4 Å². The zero-order chi connectivity index (χ0) is 13.2. The second kappa shape index (κ2) is 4.62. The molecule has 2 heterocycles. The second-order valence-corrected chi connectivity index (χ2v) is 3.99. The predicted octanol–water partition coefficient (Wildman–Crippen LogP) is 1.71. The summed E-state index contributed by atoms with van der Waals surface area (Å²) in [4.78, 5) is 12.0. The molecule has 0 radical (unpaired) electrons. The molecular formula is C11H7ClN6O. The van der Waals surface area contributed by atoms with Gasteiger partial charge in [0.1, 0.15) is 5.69 Å². The van der Waals surface area contributed by atoms with Gasteiger partial charge < -0.3 is 0 Å². The SMILES string of the molecule is O=C(n1ccnn1)n1nnc(-c2ccccc2)c1Cl. The van der Waals surface area contributed by atoms with Crippen LogP contribution in [-0.2, 0) is 0 Å². The van der Waals surface area contributed by atoms with Crippen molar-refractivity contribution in [1.29, 1.82) is 0 Å². The van der Waals surface area contributed by atoms with E-state index >= 15 is 0 Å². The fraction of sp³-hybridized carbons (Fsp3) is 0. The van der Waals surface area contributed by atoms with Gasteiger partial charge in [-0.15, -0.1) is 14.9 Å². The molecule has 0 saturated heterocycles. The number of hydrogen-bond acceptors (Lipinski definition) is 5. The molecule has 0 aliphatic heterocycles. The van der Waals surface area contributed by atoms with E-state index in [0.717, 1.165) is 14.9 Å². The Morgan fingerprint density at radius 1 is 1.16 bits per heavy atom. The van der Waals surface area contributed by atoms with Gasteiger partial charge in [-0.05, 0) is 0 Å². The summed E-state index contributed by atoms with van der Waals surface area (Å²) >= 11 is 6.13. The number of benzene rings is 1. The van der Waals surface area contributed by atoms with Crippen molar-refractivity contribution in [2.75, 3.05) is 0 Å². The molecule has 0 spiro atoms. The maximum atomic E-state index is 12.0. The number of aromatic nitrogens is 6. The van der Waals surface area contributed by atoms with Crippen LogP contribution in [0.2, 0.25) is 5.15 Å². The lowest BCUT2D eigenvalue weighted by Gasteiger charge is -1.99. The molecule has 0 N–H and O–H groups in total. The fourth-order valence-electron chi connectivity index (χ4n) is 1.57. The van der Waals surface area contributed by atoms with E-state index in [-0.39, 0.29) is 5.15 Å². The third-order valence-corrected chi connectivity index (χ3v) is 2.80. The van der Waals surface area contributed by atoms with Gasteiger partial charge in [0.2, 0.25) is 0 Å². The summed E-state index contributed by atoms with van der Waals surface area (Å²) in [7, 11) is 0. The molecule has 0 amide bonds. The molecule has 1 aromatic carbocycles. The Labute approximate surface area is 112 Å². The Kier molecular flexibility index (Phi) is 2.81. The van der Waals surface area contributed by atoms with E-state index in [1.54, 1.807) is 0 Å². The smallest absolute Gasteiger partial charge is 0.243 e. The van der Waals surface area contributed by atoms with E-state index in [0.29, 0.717) is 5.69 Å². The van der Waals surface area contributed by atoms with Crippen LogP contribution in [0.15, 0.2) is 42.7 Å². The summed E-state index contributed by atoms with van der Waals surface area (Å²) < 4.78 is 1.99. The van der Waals surface area contributed by atoms with Crippen molar-refractivity contribution in [2.45, 2.75) is 0 Å². The molecular weight excluding hydrogens is 268 g/mol. The van der Waals surface area contributed by atoms with Crippen molar-refractivity contribution in [3.05, 3.63) is 47.9 Å². The normalized spacial score (nSPS) is 10.6. The van der Waals surface area contributed by atoms with Gasteiger partial charge in [0.05, 0.1) is 12.4 Å². The number of hydrogen-bond donors (Lipinski definition) is 0. The van der Waals surface area contributed by atoms with E-state index < -0.39 is 6.03 Å². The van der Waals surface area contributed by atoms with Crippen molar-refractivity contribution < 1.29 is 4.79 Å². The predicted molar refractivity (Wildman–Crippen MR) is 66.7 cm³/mol. The minimum absolute atomic E-state index is 0.131. The first-order valence-corrected chi connectivity index (χ1v) is 5.73. The summed E-state index contributed by atoms with van der Waals surface area (Å²) in [5, 5.41) is 14.9. The van der Waals surface area contributed by atoms with Crippen molar-refractivity contribution in [3.8, 4) is 11.3 Å². The van der Waals surface area contributed by atoms with Crippen LogP contribution in [0.5, 0.6) is 0 Å². The van der Waals surface area contributed by atoms with Crippen LogP contribution in [0.25, 0.3) is 11.3 Å². The van der Waals surface area contributed by atoms with Gasteiger partial charge in [-0.3, -0.25) is 0 Å². The van der Waals surface area contributed by atoms with Crippen LogP contribution in [0.1, 0.15) is 0 Å². The third-order valence-electron chi connectivity index (χ3n) is 2.46. The zero-order valence-corrected chi connectivity index (χ0v) is 10.3. The highest BCUT2D eigenvalue weighted by Gasteiger charge is 2.19. The first-order chi connectivity index (χ1) is 9.27. The molecule has 0 unspecified atom stereocenters. The van der Waals surface area contributed by atoms with Crippen LogP contribution >= 0.6 is 11.6 Å². The monoisotopic (exact) mass is 274 g/mol. The number of halogens is 1. The highest BCUT2D eigenvalue weighted by atomic mass is 35.5. The Balaban J connectivity index is 2.02. The summed E-state index contributed by atoms with van der Waals surface area (Å²) in [6, 6.07) is 8.70. The Hall–Kier alpha value is -2.54. The molecule has 7 nitrogen and oxygen atoms in total. The summed E-state index contributed by atoms with van der Waals surface area (Å²) in [5.41, 5.74) is 1.22. The summed E-state index contributed by atoms with van der Waals surface area (Å²) in [5.74, 6) is 0. The van der Waals surface area contributed by atoms with Gasteiger partial charge in [0, 0.05) is 5.56 Å². The van der Waals surface area contributed by atoms with Crippen LogP contribution in [0.4, 0.5) is 4.79 Å². The van der Waals surface area contributed by atoms with Crippen molar-refractivity contribution in [3.63, 3.8) is 0 Å². The molecule has 3 aromatic rings. The summed E-state index contributed by atoms with van der Waals surface area (Å²) in [6.07, 6.45) is 2.80. The minimum Gasteiger partial charge on any atom is -0.243 e. The number of rotatable bonds is 1. The Bertz CT molecular complexity index is 706. The molecule has 94 valence electrons. The molecule has 0 fully saturated rings. The second-order valence-electron chi connectivity index (χ2n) is 3.64. The van der Waals surface area contributed by atoms with E-state index in [4.69, 9.17) is 11.6 Å². The van der Waals surface area contributed by atoms with E-state index in [1.165, 1.54) is 12.4 Å². The van der Waals surface area contributed by atoms with Gasteiger partial charge in [-0.2, -0.15) is 4.68 Å². The fourth-order valence-corrected chi connectivity index (χ4v) is 1.83. The average Bonchev–Trinajstić information content (AvgIpc) is 3.08. The lowest BCUT2D eigenvalue weighted by molar-refractivity contribution is 0.237. The number of nitrogens with zero attached hydrogens (tertiary/aromatic N) is 6. The highest BCUT2D eigenvalue weighted by Crippen LogP contribution is 2.24. The Morgan fingerprint density at radius 2 is 1.95 bits per heavy atom. The Morgan fingerprint density at radius 3 is 2.63 bits per heavy atom. The molecule has 8 heteroatoms. The van der Waals surface area contributed by atoms with Gasteiger partial charge in [0.15, 0.2) is 5.15 Å². The van der Waals surface area contributed by atoms with Gasteiger partial charge in [-0.25, -0.2) is 4.79 Å². The average molecular weight is 275 g/mol. The van der Waals surface area contributed by atoms with E-state index in [2.05, 4.69) is 20.6 Å². The molecule has 3 rings (SSSR count). The minimum atomic E-state index is -0.544. The number of carbonyl (C=O) groups excluding carboxylic acids is 1. The zero-order valence-electron chi connectivity index (χ0n) is 9.51. The van der Waals surface area contributed by atoms with Crippen molar-refractivity contribution >= 4 is 17.6 Å². The molecule has 0 aliphatic carbocycles. The first-order valence-electron chi connectivity index (χ1n) is 5.35. The lowest BCUT2D eigenvalue weighted by atomic mass is 10.2. The molecule has 0 aliphatic rings. The van der Waals surface area contributed by atoms with Crippen LogP contribution < -0.4 is 0 Å². The maximum Gasteiger partial charge on any atom is 0.373 e. The van der Waals surface area contributed by atoms with Crippen molar-refractivity contribution in [2.24, 2.45) is 0 Å². The molecule has 2 aromatic heterocycles.